The van der Waals surface area contributed by atoms with Gasteiger partial charge in [0.05, 0.1) is 0 Å². The summed E-state index contributed by atoms with van der Waals surface area (Å²) in [5, 5.41) is 11.4. The molecule has 0 unspecified atom stereocenters. The van der Waals surface area contributed by atoms with Crippen LogP contribution in [0.5, 0.6) is 5.75 Å². The van der Waals surface area contributed by atoms with Gasteiger partial charge in [0.15, 0.2) is 0 Å². The number of benzene rings is 8. The van der Waals surface area contributed by atoms with E-state index >= 15 is 0 Å². The molecule has 0 saturated carbocycles. The number of aromatic hydroxyl groups is 1. The quantitative estimate of drug-likeness (QED) is 0.0605. The summed E-state index contributed by atoms with van der Waals surface area (Å²) in [4.78, 5) is 35.6. The smallest absolute Gasteiger partial charge is 0.780 e. The molecule has 0 aliphatic heterocycles. The van der Waals surface area contributed by atoms with Gasteiger partial charge in [-0.25, -0.2) is 0 Å². The minimum absolute atomic E-state index is 0. The van der Waals surface area contributed by atoms with Crippen LogP contribution < -0.4 is 10.6 Å². The van der Waals surface area contributed by atoms with Crippen LogP contribution in [0.25, 0.3) is 90.1 Å². The van der Waals surface area contributed by atoms with Gasteiger partial charge >= 0.3 is 16.5 Å². The molecule has 104 heavy (non-hydrogen) atoms. The van der Waals surface area contributed by atoms with Gasteiger partial charge in [-0.15, -0.1) is 97.1 Å². The molecule has 0 aliphatic carbocycles. The zero-order chi connectivity index (χ0) is 68.0. The molecule has 0 fully saturated rings. The number of rotatable bonds is 10. The summed E-state index contributed by atoms with van der Waals surface area (Å²) in [6.45, 7) is 0. The van der Waals surface area contributed by atoms with Gasteiger partial charge in [-0.3, -0.25) is 39.9 Å². The standard InChI is InChI=1S/4C16H11N2.C12H11P.C6H6O.C6H6S.4Ni.H2O/c4*1-3-10-17-15(8-1)13-6-5-7-14(12-13)16-9-2-4-11-18-16;1-3-7-11(8-4-1)13-12-9-5-2-6-10-12;2*7-6-4-2-1-3-5-6;;;;;/h4*1-11H;1-10,13H;2*1-5,7H;;;;;1H2/q4*-1;;;;;;;+2;/p-1. The summed E-state index contributed by atoms with van der Waals surface area (Å²) in [6.07, 6.45) is 14.3. The van der Waals surface area contributed by atoms with Gasteiger partial charge in [0.2, 0.25) is 0 Å². The zero-order valence-corrected chi connectivity index (χ0v) is 61.4. The number of aromatic nitrogens is 8. The third-order valence-corrected chi connectivity index (χ3v) is 15.6. The minimum Gasteiger partial charge on any atom is -0.780 e. The first-order chi connectivity index (χ1) is 49.0. The molecule has 10 nitrogen and oxygen atoms in total. The normalized spacial score (nSPS) is 9.46. The van der Waals surface area contributed by atoms with Gasteiger partial charge < -0.3 is 23.2 Å². The molecule has 0 atom stereocenters. The van der Waals surface area contributed by atoms with E-state index in [2.05, 4.69) is 125 Å². The molecule has 0 spiro atoms. The molecule has 16 rings (SSSR count). The molecule has 16 heteroatoms. The zero-order valence-electron chi connectivity index (χ0n) is 55.6. The van der Waals surface area contributed by atoms with Crippen molar-refractivity contribution in [3.63, 3.8) is 0 Å². The third-order valence-electron chi connectivity index (χ3n) is 14.0. The predicted octanol–water partition coefficient (Wildman–Crippen LogP) is 18.9. The fourth-order valence-corrected chi connectivity index (χ4v) is 10.5. The third kappa shape index (κ3) is 28.6. The van der Waals surface area contributed by atoms with Crippen LogP contribution in [0, 0.1) is 24.3 Å². The van der Waals surface area contributed by atoms with Crippen LogP contribution in [0.4, 0.5) is 0 Å². The minimum atomic E-state index is 0. The predicted molar refractivity (Wildman–Crippen MR) is 411 cm³/mol. The maximum Gasteiger partial charge on any atom is 2.00 e. The van der Waals surface area contributed by atoms with E-state index < -0.39 is 0 Å². The van der Waals surface area contributed by atoms with Gasteiger partial charge in [-0.1, -0.05) is 259 Å². The first kappa shape index (κ1) is 84.0. The average molecular weight is 1570 g/mol. The van der Waals surface area contributed by atoms with E-state index in [0.717, 1.165) is 104 Å². The summed E-state index contributed by atoms with van der Waals surface area (Å²) >= 11 is 4.81. The number of pyridine rings is 8. The molecule has 0 aliphatic rings. The SMILES string of the molecule is O.Oc1ccccc1.[Ni+2].[Ni].[Ni].[Ni].[S-]c1ccccc1.[c-]1c(-c2ccccn2)cccc1-c1ccccn1.[c-]1c(-c2ccccn2)cccc1-c1ccccn1.[c-]1c(-c2ccccn2)cccc1-c1ccccn1.[c-]1c(-c2ccccn2)cccc1-c1ccccn1.c1ccc(Pc2ccccc2)cc1. The van der Waals surface area contributed by atoms with Crippen molar-refractivity contribution in [1.82, 2.24) is 39.9 Å². The molecule has 0 saturated heterocycles. The van der Waals surface area contributed by atoms with Gasteiger partial charge in [-0.05, 0) is 71.3 Å². The van der Waals surface area contributed by atoms with E-state index in [9.17, 15) is 0 Å². The number of phenols is 1. The Balaban J connectivity index is 0.000000221. The molecular weight excluding hydrogens is 1500 g/mol. The van der Waals surface area contributed by atoms with Crippen molar-refractivity contribution in [2.75, 3.05) is 0 Å². The Hall–Kier alpha value is -10.7. The van der Waals surface area contributed by atoms with Gasteiger partial charge in [0.25, 0.3) is 0 Å². The van der Waals surface area contributed by atoms with Crippen molar-refractivity contribution in [1.29, 1.82) is 0 Å². The Morgan fingerprint density at radius 3 is 0.538 bits per heavy atom. The summed E-state index contributed by atoms with van der Waals surface area (Å²) in [5.41, 5.74) is 15.3. The van der Waals surface area contributed by atoms with Crippen LogP contribution in [0.1, 0.15) is 0 Å². The van der Waals surface area contributed by atoms with Crippen LogP contribution in [0.2, 0.25) is 0 Å². The molecule has 526 valence electrons. The fraction of sp³-hybridized carbons (Fsp3) is 0. The van der Waals surface area contributed by atoms with Crippen molar-refractivity contribution in [2.24, 2.45) is 0 Å². The Bertz CT molecular complexity index is 4110. The molecule has 0 radical (unpaired) electrons. The van der Waals surface area contributed by atoms with Crippen molar-refractivity contribution in [3.05, 3.63) is 414 Å². The van der Waals surface area contributed by atoms with Crippen molar-refractivity contribution in [2.45, 2.75) is 4.90 Å². The maximum absolute atomic E-state index is 8.63. The van der Waals surface area contributed by atoms with E-state index in [1.807, 2.05) is 255 Å². The molecule has 0 amide bonds. The molecular formula is C88H68N8Ni4O2PS-3. The summed E-state index contributed by atoms with van der Waals surface area (Å²) < 4.78 is 0. The van der Waals surface area contributed by atoms with Crippen LogP contribution in [-0.2, 0) is 78.6 Å². The molecule has 8 aromatic heterocycles. The number of phenolic OH excluding ortho intramolecular Hbond substituents is 1. The first-order valence-electron chi connectivity index (χ1n) is 31.7. The van der Waals surface area contributed by atoms with Crippen LogP contribution in [0.15, 0.2) is 394 Å². The Kier molecular flexibility index (Phi) is 39.0. The largest absolute Gasteiger partial charge is 2.00 e. The fourth-order valence-electron chi connectivity index (χ4n) is 9.31. The van der Waals surface area contributed by atoms with E-state index in [1.54, 1.807) is 73.8 Å². The van der Waals surface area contributed by atoms with Gasteiger partial charge in [0, 0.05) is 145 Å². The van der Waals surface area contributed by atoms with E-state index in [-0.39, 0.29) is 71.4 Å². The maximum atomic E-state index is 8.63. The summed E-state index contributed by atoms with van der Waals surface area (Å²) in [6, 6.07) is 124. The van der Waals surface area contributed by atoms with Crippen LogP contribution >= 0.6 is 8.58 Å². The topological polar surface area (TPSA) is 155 Å². The second-order valence-electron chi connectivity index (χ2n) is 21.1. The number of hydrogen-bond acceptors (Lipinski definition) is 10. The first-order valence-corrected chi connectivity index (χ1v) is 33.1. The van der Waals surface area contributed by atoms with Crippen LogP contribution in [-0.4, -0.2) is 50.5 Å². The van der Waals surface area contributed by atoms with Gasteiger partial charge in [0.1, 0.15) is 5.75 Å². The van der Waals surface area contributed by atoms with Gasteiger partial charge in [-0.2, -0.15) is 4.90 Å². The monoisotopic (exact) mass is 1560 g/mol. The summed E-state index contributed by atoms with van der Waals surface area (Å²) in [5.74, 6) is 0.322. The van der Waals surface area contributed by atoms with Crippen molar-refractivity contribution < 1.29 is 76.5 Å². The van der Waals surface area contributed by atoms with E-state index in [4.69, 9.17) is 17.7 Å². The van der Waals surface area contributed by atoms with Crippen LogP contribution in [0.3, 0.4) is 0 Å². The second-order valence-corrected chi connectivity index (χ2v) is 23.0. The van der Waals surface area contributed by atoms with Crippen molar-refractivity contribution in [3.8, 4) is 95.8 Å². The molecule has 0 bridgehead atoms. The molecule has 3 N–H and O–H groups in total. The molecule has 8 heterocycles. The average Bonchev–Trinajstić information content (AvgIpc) is 0.888. The number of hydrogen-bond donors (Lipinski definition) is 1. The van der Waals surface area contributed by atoms with Crippen molar-refractivity contribution >= 4 is 31.8 Å². The van der Waals surface area contributed by atoms with E-state index in [1.165, 1.54) is 10.6 Å². The Labute approximate surface area is 657 Å². The molecule has 8 aromatic carbocycles. The number of para-hydroxylation sites is 1. The Morgan fingerprint density at radius 2 is 0.394 bits per heavy atom. The Morgan fingerprint density at radius 1 is 0.221 bits per heavy atom. The number of nitrogens with zero attached hydrogens (tertiary/aromatic N) is 8. The second kappa shape index (κ2) is 48.3. The molecule has 16 aromatic rings. The van der Waals surface area contributed by atoms with E-state index in [0.29, 0.717) is 5.75 Å². The summed E-state index contributed by atoms with van der Waals surface area (Å²) in [7, 11) is 0.777.